The maximum atomic E-state index is 12.5. The molecule has 29 heavy (non-hydrogen) atoms. The lowest BCUT2D eigenvalue weighted by Crippen LogP contribution is -2.28. The Morgan fingerprint density at radius 1 is 1.34 bits per heavy atom. The first-order chi connectivity index (χ1) is 14.0. The fourth-order valence-corrected chi connectivity index (χ4v) is 4.92. The molecule has 1 aromatic carbocycles. The van der Waals surface area contributed by atoms with Gasteiger partial charge in [0.1, 0.15) is 5.56 Å². The van der Waals surface area contributed by atoms with Gasteiger partial charge in [0, 0.05) is 13.1 Å². The Morgan fingerprint density at radius 3 is 2.76 bits per heavy atom. The highest BCUT2D eigenvalue weighted by atomic mass is 32.2. The summed E-state index contributed by atoms with van der Waals surface area (Å²) < 4.78 is 4.90. The molecular weight excluding hydrogens is 430 g/mol. The van der Waals surface area contributed by atoms with E-state index >= 15 is 0 Å². The number of carbonyl (C=O) groups is 1. The van der Waals surface area contributed by atoms with Crippen molar-refractivity contribution in [1.82, 2.24) is 19.5 Å². The maximum Gasteiger partial charge on any atom is 0.267 e. The number of para-hydroxylation sites is 1. The van der Waals surface area contributed by atoms with Gasteiger partial charge in [0.15, 0.2) is 9.11 Å². The van der Waals surface area contributed by atoms with Crippen LogP contribution in [0.15, 0.2) is 38.5 Å². The van der Waals surface area contributed by atoms with Gasteiger partial charge in [0.25, 0.3) is 11.5 Å². The van der Waals surface area contributed by atoms with Gasteiger partial charge in [-0.15, -0.1) is 11.3 Å². The molecule has 0 bridgehead atoms. The minimum atomic E-state index is -0.457. The Labute approximate surface area is 179 Å². The van der Waals surface area contributed by atoms with Crippen LogP contribution in [-0.2, 0) is 17.9 Å². The Balaban J connectivity index is 1.68. The number of fused-ring (bicyclic) bond motifs is 1. The number of benzene rings is 1. The predicted molar refractivity (Wildman–Crippen MR) is 119 cm³/mol. The normalized spacial score (nSPS) is 11.4. The zero-order valence-electron chi connectivity index (χ0n) is 15.8. The van der Waals surface area contributed by atoms with Crippen LogP contribution in [0.5, 0.6) is 5.88 Å². The number of hydrazone groups is 1. The highest BCUT2D eigenvalue weighted by molar-refractivity contribution is 8.01. The summed E-state index contributed by atoms with van der Waals surface area (Å²) in [5, 5.41) is 14.1. The van der Waals surface area contributed by atoms with Crippen molar-refractivity contribution in [1.29, 1.82) is 0 Å². The smallest absolute Gasteiger partial charge is 0.267 e. The zero-order chi connectivity index (χ0) is 21.0. The van der Waals surface area contributed by atoms with Crippen LogP contribution in [0.25, 0.3) is 10.2 Å². The number of nitrogens with zero attached hydrogens (tertiary/aromatic N) is 4. The Morgan fingerprint density at radius 2 is 2.07 bits per heavy atom. The lowest BCUT2D eigenvalue weighted by Gasteiger charge is -2.13. The van der Waals surface area contributed by atoms with Crippen LogP contribution >= 0.6 is 35.3 Å². The van der Waals surface area contributed by atoms with E-state index in [1.54, 1.807) is 6.92 Å². The van der Waals surface area contributed by atoms with Crippen LogP contribution in [0, 0.1) is 4.77 Å². The first-order valence-corrected chi connectivity index (χ1v) is 11.0. The Bertz CT molecular complexity index is 1160. The topological polar surface area (TPSA) is 102 Å². The molecule has 0 unspecified atom stereocenters. The van der Waals surface area contributed by atoms with E-state index in [2.05, 4.69) is 15.5 Å². The lowest BCUT2D eigenvalue weighted by atomic mass is 10.3. The van der Waals surface area contributed by atoms with Crippen LogP contribution in [-0.4, -0.2) is 37.1 Å². The fourth-order valence-electron chi connectivity index (χ4n) is 2.63. The molecule has 1 amide bonds. The van der Waals surface area contributed by atoms with Crippen molar-refractivity contribution in [3.63, 3.8) is 0 Å². The van der Waals surface area contributed by atoms with E-state index in [-0.39, 0.29) is 27.9 Å². The summed E-state index contributed by atoms with van der Waals surface area (Å²) in [6.45, 7) is 4.36. The lowest BCUT2D eigenvalue weighted by molar-refractivity contribution is -0.118. The monoisotopic (exact) mass is 449 g/mol. The summed E-state index contributed by atoms with van der Waals surface area (Å²) in [4.78, 5) is 29.0. The number of amides is 1. The van der Waals surface area contributed by atoms with Gasteiger partial charge in [-0.3, -0.25) is 18.7 Å². The quantitative estimate of drug-likeness (QED) is 0.249. The SMILES string of the molecule is CCn1c(O)c(/C=N/NC(=O)CSc2nc3ccccc3s2)c(=O)n(CC)c1=S. The van der Waals surface area contributed by atoms with Gasteiger partial charge < -0.3 is 5.11 Å². The molecule has 8 nitrogen and oxygen atoms in total. The van der Waals surface area contributed by atoms with E-state index < -0.39 is 5.56 Å². The molecule has 0 fully saturated rings. The summed E-state index contributed by atoms with van der Waals surface area (Å²) >= 11 is 8.05. The third-order valence-electron chi connectivity index (χ3n) is 4.05. The van der Waals surface area contributed by atoms with Crippen molar-refractivity contribution < 1.29 is 9.90 Å². The second-order valence-corrected chi connectivity index (χ2v) is 8.46. The first-order valence-electron chi connectivity index (χ1n) is 8.83. The van der Waals surface area contributed by atoms with Crippen LogP contribution in [0.1, 0.15) is 19.4 Å². The molecule has 3 rings (SSSR count). The molecule has 2 aromatic heterocycles. The van der Waals surface area contributed by atoms with E-state index in [9.17, 15) is 14.7 Å². The largest absolute Gasteiger partial charge is 0.494 e. The minimum Gasteiger partial charge on any atom is -0.494 e. The third-order valence-corrected chi connectivity index (χ3v) is 6.67. The summed E-state index contributed by atoms with van der Waals surface area (Å²) in [5.74, 6) is -0.485. The summed E-state index contributed by atoms with van der Waals surface area (Å²) in [6, 6.07) is 7.76. The average Bonchev–Trinajstić information content (AvgIpc) is 3.12. The highest BCUT2D eigenvalue weighted by Crippen LogP contribution is 2.28. The molecule has 0 aliphatic rings. The number of aromatic nitrogens is 3. The van der Waals surface area contributed by atoms with Gasteiger partial charge in [-0.1, -0.05) is 23.9 Å². The molecule has 11 heteroatoms. The van der Waals surface area contributed by atoms with Gasteiger partial charge in [0.05, 0.1) is 22.2 Å². The standard InChI is InChI=1S/C18H19N5O3S3/c1-3-22-15(25)11(16(26)23(4-2)18(22)27)9-19-21-14(24)10-28-17-20-12-7-5-6-8-13(12)29-17/h5-9,25H,3-4,10H2,1-2H3,(H,21,24)/b19-9+. The number of nitrogens with one attached hydrogen (secondary N) is 1. The van der Waals surface area contributed by atoms with Crippen LogP contribution in [0.2, 0.25) is 0 Å². The highest BCUT2D eigenvalue weighted by Gasteiger charge is 2.14. The molecule has 0 aliphatic heterocycles. The molecular formula is C18H19N5O3S3. The predicted octanol–water partition coefficient (Wildman–Crippen LogP) is 2.98. The van der Waals surface area contributed by atoms with Crippen molar-refractivity contribution in [3.8, 4) is 5.88 Å². The van der Waals surface area contributed by atoms with E-state index in [4.69, 9.17) is 12.2 Å². The Hall–Kier alpha value is -2.50. The number of carbonyl (C=O) groups excluding carboxylic acids is 1. The van der Waals surface area contributed by atoms with Crippen molar-refractivity contribution >= 4 is 57.7 Å². The number of rotatable bonds is 7. The summed E-state index contributed by atoms with van der Waals surface area (Å²) in [6.07, 6.45) is 1.14. The molecule has 3 aromatic rings. The minimum absolute atomic E-state index is 0.0265. The van der Waals surface area contributed by atoms with Crippen molar-refractivity contribution in [3.05, 3.63) is 45.0 Å². The molecule has 0 atom stereocenters. The van der Waals surface area contributed by atoms with Crippen LogP contribution in [0.3, 0.4) is 0 Å². The Kier molecular flexibility index (Phi) is 6.83. The first kappa shape index (κ1) is 21.2. The molecule has 0 radical (unpaired) electrons. The molecule has 0 spiro atoms. The second kappa shape index (κ2) is 9.33. The van der Waals surface area contributed by atoms with E-state index in [1.807, 2.05) is 31.2 Å². The van der Waals surface area contributed by atoms with E-state index in [1.165, 1.54) is 32.2 Å². The summed E-state index contributed by atoms with van der Waals surface area (Å²) in [7, 11) is 0. The van der Waals surface area contributed by atoms with E-state index in [0.29, 0.717) is 13.1 Å². The molecule has 2 heterocycles. The van der Waals surface area contributed by atoms with Crippen molar-refractivity contribution in [2.75, 3.05) is 5.75 Å². The van der Waals surface area contributed by atoms with Crippen molar-refractivity contribution in [2.24, 2.45) is 5.10 Å². The fraction of sp³-hybridized carbons (Fsp3) is 0.278. The van der Waals surface area contributed by atoms with Crippen LogP contribution < -0.4 is 11.0 Å². The van der Waals surface area contributed by atoms with Crippen molar-refractivity contribution in [2.45, 2.75) is 31.3 Å². The molecule has 152 valence electrons. The number of thiazole rings is 1. The average molecular weight is 450 g/mol. The van der Waals surface area contributed by atoms with Gasteiger partial charge in [-0.25, -0.2) is 10.4 Å². The maximum absolute atomic E-state index is 12.5. The molecule has 0 aliphatic carbocycles. The third kappa shape index (κ3) is 4.57. The molecule has 0 saturated heterocycles. The van der Waals surface area contributed by atoms with Gasteiger partial charge in [-0.05, 0) is 38.2 Å². The van der Waals surface area contributed by atoms with Gasteiger partial charge >= 0.3 is 0 Å². The van der Waals surface area contributed by atoms with E-state index in [0.717, 1.165) is 20.8 Å². The number of hydrogen-bond donors (Lipinski definition) is 2. The number of hydrogen-bond acceptors (Lipinski definition) is 8. The van der Waals surface area contributed by atoms with Crippen LogP contribution in [0.4, 0.5) is 0 Å². The number of aromatic hydroxyl groups is 1. The van der Waals surface area contributed by atoms with Gasteiger partial charge in [0.2, 0.25) is 5.88 Å². The molecule has 0 saturated carbocycles. The zero-order valence-corrected chi connectivity index (χ0v) is 18.2. The molecule has 2 N–H and O–H groups in total. The number of thioether (sulfide) groups is 1. The second-order valence-electron chi connectivity index (χ2n) is 5.84. The van der Waals surface area contributed by atoms with Gasteiger partial charge in [-0.2, -0.15) is 5.10 Å². The summed E-state index contributed by atoms with van der Waals surface area (Å²) in [5.41, 5.74) is 2.79.